The van der Waals surface area contributed by atoms with Gasteiger partial charge in [0.25, 0.3) is 0 Å². The molecule has 0 saturated carbocycles. The Morgan fingerprint density at radius 1 is 1.43 bits per heavy atom. The first-order chi connectivity index (χ1) is 11.0. The maximum absolute atomic E-state index is 12.2. The van der Waals surface area contributed by atoms with Crippen molar-refractivity contribution in [3.63, 3.8) is 0 Å². The zero-order valence-corrected chi connectivity index (χ0v) is 14.0. The molecule has 0 spiro atoms. The van der Waals surface area contributed by atoms with Crippen LogP contribution < -0.4 is 11.1 Å². The third-order valence-electron chi connectivity index (χ3n) is 3.43. The summed E-state index contributed by atoms with van der Waals surface area (Å²) in [4.78, 5) is 25.3. The van der Waals surface area contributed by atoms with Crippen molar-refractivity contribution in [1.82, 2.24) is 9.88 Å². The van der Waals surface area contributed by atoms with E-state index in [0.29, 0.717) is 16.1 Å². The number of benzene rings is 1. The van der Waals surface area contributed by atoms with Gasteiger partial charge in [-0.15, -0.1) is 11.3 Å². The van der Waals surface area contributed by atoms with Gasteiger partial charge in [-0.05, 0) is 30.5 Å². The molecule has 0 radical (unpaired) electrons. The van der Waals surface area contributed by atoms with Crippen LogP contribution >= 0.6 is 22.9 Å². The van der Waals surface area contributed by atoms with Gasteiger partial charge < -0.3 is 9.73 Å². The highest BCUT2D eigenvalue weighted by molar-refractivity contribution is 7.09. The van der Waals surface area contributed by atoms with E-state index in [0.717, 1.165) is 6.42 Å². The minimum Gasteiger partial charge on any atom is -0.408 e. The number of rotatable bonds is 5. The van der Waals surface area contributed by atoms with Crippen LogP contribution in [0.25, 0.3) is 11.1 Å². The lowest BCUT2D eigenvalue weighted by Crippen LogP contribution is -2.37. The standard InChI is InChI=1S/C16H15ClN2O3S/c1-10(7-12-3-2-6-23-12)18-15(20)9-19-13-5-4-11(17)8-14(13)22-16(19)21/h2-6,8,10H,7,9H2,1H3,(H,18,20)/t10-/m1/s1. The molecular formula is C16H15ClN2O3S. The predicted molar refractivity (Wildman–Crippen MR) is 91.1 cm³/mol. The third kappa shape index (κ3) is 3.65. The molecule has 3 rings (SSSR count). The summed E-state index contributed by atoms with van der Waals surface area (Å²) in [5.74, 6) is -0.794. The number of nitrogens with zero attached hydrogens (tertiary/aromatic N) is 1. The SMILES string of the molecule is C[C@H](Cc1cccs1)NC(=O)Cn1c(=O)oc2cc(Cl)ccc21. The first-order valence-corrected chi connectivity index (χ1v) is 8.39. The number of fused-ring (bicyclic) bond motifs is 1. The van der Waals surface area contributed by atoms with Crippen LogP contribution in [-0.2, 0) is 17.8 Å². The summed E-state index contributed by atoms with van der Waals surface area (Å²) in [5, 5.41) is 5.39. The van der Waals surface area contributed by atoms with Crippen molar-refractivity contribution in [1.29, 1.82) is 0 Å². The van der Waals surface area contributed by atoms with Gasteiger partial charge in [-0.3, -0.25) is 9.36 Å². The van der Waals surface area contributed by atoms with E-state index < -0.39 is 5.76 Å². The van der Waals surface area contributed by atoms with Gasteiger partial charge in [0, 0.05) is 28.4 Å². The summed E-state index contributed by atoms with van der Waals surface area (Å²) < 4.78 is 6.42. The second-order valence-electron chi connectivity index (χ2n) is 5.32. The van der Waals surface area contributed by atoms with Crippen molar-refractivity contribution in [3.8, 4) is 0 Å². The molecule has 120 valence electrons. The lowest BCUT2D eigenvalue weighted by Gasteiger charge is -2.13. The Hall–Kier alpha value is -2.05. The molecule has 3 aromatic rings. The van der Waals surface area contributed by atoms with Crippen LogP contribution in [-0.4, -0.2) is 16.5 Å². The second kappa shape index (κ2) is 6.60. The summed E-state index contributed by atoms with van der Waals surface area (Å²) in [7, 11) is 0. The van der Waals surface area contributed by atoms with E-state index >= 15 is 0 Å². The molecule has 0 aliphatic rings. The van der Waals surface area contributed by atoms with Crippen molar-refractivity contribution in [2.75, 3.05) is 0 Å². The Labute approximate surface area is 141 Å². The number of aromatic nitrogens is 1. The van der Waals surface area contributed by atoms with Crippen molar-refractivity contribution in [2.24, 2.45) is 0 Å². The number of carbonyl (C=O) groups excluding carboxylic acids is 1. The quantitative estimate of drug-likeness (QED) is 0.769. The number of hydrogen-bond donors (Lipinski definition) is 1. The van der Waals surface area contributed by atoms with Crippen molar-refractivity contribution >= 4 is 39.9 Å². The smallest absolute Gasteiger partial charge is 0.408 e. The number of oxazole rings is 1. The van der Waals surface area contributed by atoms with Gasteiger partial charge in [0.1, 0.15) is 6.54 Å². The molecule has 1 aromatic carbocycles. The molecule has 7 heteroatoms. The first-order valence-electron chi connectivity index (χ1n) is 7.13. The van der Waals surface area contributed by atoms with Gasteiger partial charge >= 0.3 is 5.76 Å². The molecule has 2 heterocycles. The van der Waals surface area contributed by atoms with E-state index in [1.54, 1.807) is 29.5 Å². The van der Waals surface area contributed by atoms with Crippen molar-refractivity contribution in [2.45, 2.75) is 25.9 Å². The van der Waals surface area contributed by atoms with Crippen LogP contribution in [0.2, 0.25) is 5.02 Å². The fourth-order valence-electron chi connectivity index (χ4n) is 2.44. The number of amides is 1. The Bertz CT molecular complexity index is 883. The molecule has 1 amide bonds. The van der Waals surface area contributed by atoms with Gasteiger partial charge in [-0.2, -0.15) is 0 Å². The normalized spacial score (nSPS) is 12.4. The number of carbonyl (C=O) groups is 1. The first kappa shape index (κ1) is 15.8. The fourth-order valence-corrected chi connectivity index (χ4v) is 3.43. The van der Waals surface area contributed by atoms with E-state index in [1.165, 1.54) is 9.44 Å². The average molecular weight is 351 g/mol. The summed E-state index contributed by atoms with van der Waals surface area (Å²) in [6.07, 6.45) is 0.764. The Balaban J connectivity index is 1.70. The minimum atomic E-state index is -0.566. The molecule has 1 N–H and O–H groups in total. The van der Waals surface area contributed by atoms with Crippen LogP contribution in [0.15, 0.2) is 44.9 Å². The summed E-state index contributed by atoms with van der Waals surface area (Å²) in [6, 6.07) is 8.90. The summed E-state index contributed by atoms with van der Waals surface area (Å²) >= 11 is 7.53. The second-order valence-corrected chi connectivity index (χ2v) is 6.79. The number of hydrogen-bond acceptors (Lipinski definition) is 4. The van der Waals surface area contributed by atoms with Crippen LogP contribution in [0.5, 0.6) is 0 Å². The fraction of sp³-hybridized carbons (Fsp3) is 0.250. The highest BCUT2D eigenvalue weighted by Gasteiger charge is 2.15. The maximum Gasteiger partial charge on any atom is 0.420 e. The zero-order valence-electron chi connectivity index (χ0n) is 12.4. The predicted octanol–water partition coefficient (Wildman–Crippen LogP) is 3.06. The largest absolute Gasteiger partial charge is 0.420 e. The topological polar surface area (TPSA) is 64.2 Å². The maximum atomic E-state index is 12.2. The van der Waals surface area contributed by atoms with Crippen LogP contribution in [0.4, 0.5) is 0 Å². The molecule has 0 unspecified atom stereocenters. The number of nitrogens with one attached hydrogen (secondary N) is 1. The van der Waals surface area contributed by atoms with Crippen LogP contribution in [0.3, 0.4) is 0 Å². The zero-order chi connectivity index (χ0) is 16.4. The molecule has 23 heavy (non-hydrogen) atoms. The van der Waals surface area contributed by atoms with E-state index in [-0.39, 0.29) is 18.5 Å². The molecule has 1 atom stereocenters. The monoisotopic (exact) mass is 350 g/mol. The molecule has 0 fully saturated rings. The van der Waals surface area contributed by atoms with E-state index in [9.17, 15) is 9.59 Å². The molecule has 5 nitrogen and oxygen atoms in total. The number of halogens is 1. The Morgan fingerprint density at radius 2 is 2.26 bits per heavy atom. The molecular weight excluding hydrogens is 336 g/mol. The van der Waals surface area contributed by atoms with E-state index in [2.05, 4.69) is 5.32 Å². The lowest BCUT2D eigenvalue weighted by molar-refractivity contribution is -0.122. The molecule has 2 aromatic heterocycles. The molecule has 0 saturated heterocycles. The summed E-state index contributed by atoms with van der Waals surface area (Å²) in [5.41, 5.74) is 0.933. The van der Waals surface area contributed by atoms with Gasteiger partial charge in [0.05, 0.1) is 5.52 Å². The molecule has 0 aliphatic heterocycles. The van der Waals surface area contributed by atoms with E-state index in [1.807, 2.05) is 24.4 Å². The molecule has 0 aliphatic carbocycles. The van der Waals surface area contributed by atoms with Crippen molar-refractivity contribution in [3.05, 3.63) is 56.2 Å². The Kier molecular flexibility index (Phi) is 4.54. The van der Waals surface area contributed by atoms with E-state index in [4.69, 9.17) is 16.0 Å². The van der Waals surface area contributed by atoms with Crippen LogP contribution in [0.1, 0.15) is 11.8 Å². The lowest BCUT2D eigenvalue weighted by atomic mass is 10.2. The highest BCUT2D eigenvalue weighted by atomic mass is 35.5. The van der Waals surface area contributed by atoms with Gasteiger partial charge in [0.15, 0.2) is 5.58 Å². The molecule has 0 bridgehead atoms. The van der Waals surface area contributed by atoms with Gasteiger partial charge in [0.2, 0.25) is 5.91 Å². The van der Waals surface area contributed by atoms with Gasteiger partial charge in [-0.1, -0.05) is 17.7 Å². The van der Waals surface area contributed by atoms with Crippen LogP contribution in [0, 0.1) is 0 Å². The highest BCUT2D eigenvalue weighted by Crippen LogP contribution is 2.18. The Morgan fingerprint density at radius 3 is 3.00 bits per heavy atom. The number of thiophene rings is 1. The summed E-state index contributed by atoms with van der Waals surface area (Å²) in [6.45, 7) is 1.86. The van der Waals surface area contributed by atoms with Gasteiger partial charge in [-0.25, -0.2) is 4.79 Å². The van der Waals surface area contributed by atoms with Crippen molar-refractivity contribution < 1.29 is 9.21 Å². The average Bonchev–Trinajstić information content (AvgIpc) is 3.07. The third-order valence-corrected chi connectivity index (χ3v) is 4.56. The minimum absolute atomic E-state index is 0.00976.